The highest BCUT2D eigenvalue weighted by Crippen LogP contribution is 2.39. The molecule has 7 nitrogen and oxygen atoms in total. The van der Waals surface area contributed by atoms with Crippen molar-refractivity contribution in [2.45, 2.75) is 33.7 Å². The number of fused-ring (bicyclic) bond motifs is 1. The van der Waals surface area contributed by atoms with Crippen LogP contribution in [0.5, 0.6) is 5.88 Å². The summed E-state index contributed by atoms with van der Waals surface area (Å²) in [7, 11) is 0. The van der Waals surface area contributed by atoms with E-state index >= 15 is 0 Å². The van der Waals surface area contributed by atoms with Crippen LogP contribution in [0.25, 0.3) is 10.9 Å². The van der Waals surface area contributed by atoms with E-state index in [9.17, 15) is 14.7 Å². The van der Waals surface area contributed by atoms with Crippen molar-refractivity contribution >= 4 is 28.4 Å². The van der Waals surface area contributed by atoms with Gasteiger partial charge in [-0.05, 0) is 43.5 Å². The fraction of sp³-hybridized carbons (Fsp3) is 0.304. The average Bonchev–Trinajstić information content (AvgIpc) is 2.99. The van der Waals surface area contributed by atoms with Gasteiger partial charge in [-0.2, -0.15) is 0 Å². The first-order chi connectivity index (χ1) is 14.4. The van der Waals surface area contributed by atoms with Crippen LogP contribution in [-0.2, 0) is 11.3 Å². The van der Waals surface area contributed by atoms with Crippen LogP contribution in [0.4, 0.5) is 5.69 Å². The quantitative estimate of drug-likeness (QED) is 0.555. The molecule has 0 saturated carbocycles. The van der Waals surface area contributed by atoms with Gasteiger partial charge in [0.05, 0.1) is 5.52 Å². The van der Waals surface area contributed by atoms with Gasteiger partial charge in [-0.15, -0.1) is 10.2 Å². The number of rotatable bonds is 7. The van der Waals surface area contributed by atoms with Gasteiger partial charge in [-0.25, -0.2) is 0 Å². The maximum absolute atomic E-state index is 12.1. The molecule has 0 saturated heterocycles. The number of benzene rings is 2. The summed E-state index contributed by atoms with van der Waals surface area (Å²) >= 11 is 0. The molecule has 30 heavy (non-hydrogen) atoms. The fourth-order valence-corrected chi connectivity index (χ4v) is 3.14. The molecule has 0 bridgehead atoms. The number of amides is 2. The third-order valence-electron chi connectivity index (χ3n) is 4.79. The summed E-state index contributed by atoms with van der Waals surface area (Å²) < 4.78 is 1.80. The van der Waals surface area contributed by atoms with E-state index in [4.69, 9.17) is 0 Å². The topological polar surface area (TPSA) is 96.1 Å². The Morgan fingerprint density at radius 2 is 1.87 bits per heavy atom. The van der Waals surface area contributed by atoms with Gasteiger partial charge in [-0.1, -0.05) is 43.7 Å². The second kappa shape index (κ2) is 9.35. The van der Waals surface area contributed by atoms with Crippen molar-refractivity contribution in [1.82, 2.24) is 9.88 Å². The van der Waals surface area contributed by atoms with E-state index in [1.807, 2.05) is 31.2 Å². The first kappa shape index (κ1) is 21.2. The third kappa shape index (κ3) is 4.92. The minimum absolute atomic E-state index is 0.0129. The highest BCUT2D eigenvalue weighted by molar-refractivity contribution is 5.97. The van der Waals surface area contributed by atoms with Crippen molar-refractivity contribution in [2.75, 3.05) is 6.54 Å². The molecule has 156 valence electrons. The number of nitrogens with zero attached hydrogens (tertiary/aromatic N) is 3. The van der Waals surface area contributed by atoms with Gasteiger partial charge in [0, 0.05) is 17.5 Å². The summed E-state index contributed by atoms with van der Waals surface area (Å²) in [5, 5.41) is 21.7. The smallest absolute Gasteiger partial charge is 0.283 e. The van der Waals surface area contributed by atoms with Gasteiger partial charge in [-0.3, -0.25) is 9.59 Å². The van der Waals surface area contributed by atoms with Crippen LogP contribution < -0.4 is 5.32 Å². The lowest BCUT2D eigenvalue weighted by atomic mass is 10.1. The SMILES string of the molecule is Cc1ccc2c(c1)c(N=NC(=O)CNC(=O)c1ccccc1)c(O)n2CCC(C)C. The molecule has 3 rings (SSSR count). The Balaban J connectivity index is 1.78. The normalized spacial score (nSPS) is 11.5. The van der Waals surface area contributed by atoms with E-state index in [0.717, 1.165) is 22.9 Å². The molecule has 1 aromatic heterocycles. The summed E-state index contributed by atoms with van der Waals surface area (Å²) in [6.45, 7) is 6.56. The van der Waals surface area contributed by atoms with Gasteiger partial charge in [0.1, 0.15) is 6.54 Å². The molecular weight excluding hydrogens is 380 g/mol. The monoisotopic (exact) mass is 406 g/mol. The Morgan fingerprint density at radius 1 is 1.13 bits per heavy atom. The van der Waals surface area contributed by atoms with Crippen LogP contribution in [0.3, 0.4) is 0 Å². The minimum Gasteiger partial charge on any atom is -0.493 e. The van der Waals surface area contributed by atoms with Crippen molar-refractivity contribution in [3.05, 3.63) is 59.7 Å². The standard InChI is InChI=1S/C23H26N4O3/c1-15(2)11-12-27-19-10-9-16(3)13-18(19)21(23(27)30)26-25-20(28)14-24-22(29)17-7-5-4-6-8-17/h4-10,13,15,30H,11-12,14H2,1-3H3,(H,24,29). The van der Waals surface area contributed by atoms with E-state index < -0.39 is 5.91 Å². The maximum atomic E-state index is 12.1. The highest BCUT2D eigenvalue weighted by Gasteiger charge is 2.17. The summed E-state index contributed by atoms with van der Waals surface area (Å²) in [5.74, 6) is -0.495. The number of carbonyl (C=O) groups is 2. The summed E-state index contributed by atoms with van der Waals surface area (Å²) in [6.07, 6.45) is 0.895. The molecule has 7 heteroatoms. The number of hydrogen-bond donors (Lipinski definition) is 2. The first-order valence-electron chi connectivity index (χ1n) is 9.96. The molecule has 2 aromatic carbocycles. The highest BCUT2D eigenvalue weighted by atomic mass is 16.3. The minimum atomic E-state index is -0.602. The van der Waals surface area contributed by atoms with Gasteiger partial charge in [0.15, 0.2) is 5.69 Å². The number of carbonyl (C=O) groups excluding carboxylic acids is 2. The molecule has 0 atom stereocenters. The lowest BCUT2D eigenvalue weighted by Crippen LogP contribution is -2.28. The molecule has 0 aliphatic heterocycles. The molecule has 1 heterocycles. The largest absolute Gasteiger partial charge is 0.493 e. The van der Waals surface area contributed by atoms with E-state index in [-0.39, 0.29) is 24.0 Å². The van der Waals surface area contributed by atoms with Crippen LogP contribution in [0.1, 0.15) is 36.2 Å². The molecule has 2 N–H and O–H groups in total. The van der Waals surface area contributed by atoms with Crippen LogP contribution in [0, 0.1) is 12.8 Å². The second-order valence-corrected chi connectivity index (χ2v) is 7.67. The van der Waals surface area contributed by atoms with Crippen LogP contribution in [0.2, 0.25) is 0 Å². The predicted octanol–water partition coefficient (Wildman–Crippen LogP) is 4.74. The van der Waals surface area contributed by atoms with E-state index in [1.54, 1.807) is 28.8 Å². The number of aromatic nitrogens is 1. The molecule has 0 aliphatic carbocycles. The molecule has 0 spiro atoms. The lowest BCUT2D eigenvalue weighted by molar-refractivity contribution is -0.117. The zero-order chi connectivity index (χ0) is 21.7. The van der Waals surface area contributed by atoms with Crippen LogP contribution >= 0.6 is 0 Å². The first-order valence-corrected chi connectivity index (χ1v) is 9.96. The Hall–Kier alpha value is -3.48. The van der Waals surface area contributed by atoms with Gasteiger partial charge in [0.25, 0.3) is 11.8 Å². The van der Waals surface area contributed by atoms with Gasteiger partial charge in [0.2, 0.25) is 5.88 Å². The Kier molecular flexibility index (Phi) is 6.61. The second-order valence-electron chi connectivity index (χ2n) is 7.67. The van der Waals surface area contributed by atoms with Crippen molar-refractivity contribution < 1.29 is 14.7 Å². The fourth-order valence-electron chi connectivity index (χ4n) is 3.14. The number of nitrogens with one attached hydrogen (secondary N) is 1. The maximum Gasteiger partial charge on any atom is 0.283 e. The van der Waals surface area contributed by atoms with Crippen LogP contribution in [-0.4, -0.2) is 28.0 Å². The molecule has 0 radical (unpaired) electrons. The molecule has 3 aromatic rings. The third-order valence-corrected chi connectivity index (χ3v) is 4.79. The Bertz CT molecular complexity index is 1080. The van der Waals surface area contributed by atoms with Crippen molar-refractivity contribution in [1.29, 1.82) is 0 Å². The Labute approximate surface area is 175 Å². The van der Waals surface area contributed by atoms with E-state index in [1.165, 1.54) is 0 Å². The molecule has 0 unspecified atom stereocenters. The van der Waals surface area contributed by atoms with Crippen LogP contribution in [0.15, 0.2) is 58.8 Å². The summed E-state index contributed by atoms with van der Waals surface area (Å²) in [5.41, 5.74) is 2.59. The van der Waals surface area contributed by atoms with Gasteiger partial charge < -0.3 is 15.0 Å². The average molecular weight is 406 g/mol. The van der Waals surface area contributed by atoms with Crippen molar-refractivity contribution in [3.63, 3.8) is 0 Å². The number of aromatic hydroxyl groups is 1. The zero-order valence-electron chi connectivity index (χ0n) is 17.4. The lowest BCUT2D eigenvalue weighted by Gasteiger charge is -2.09. The van der Waals surface area contributed by atoms with Gasteiger partial charge >= 0.3 is 0 Å². The Morgan fingerprint density at radius 3 is 2.57 bits per heavy atom. The number of azo groups is 1. The van der Waals surface area contributed by atoms with E-state index in [2.05, 4.69) is 29.4 Å². The summed E-state index contributed by atoms with van der Waals surface area (Å²) in [4.78, 5) is 24.2. The molecule has 2 amide bonds. The molecule has 0 aliphatic rings. The zero-order valence-corrected chi connectivity index (χ0v) is 17.4. The van der Waals surface area contributed by atoms with Crippen molar-refractivity contribution in [2.24, 2.45) is 16.1 Å². The predicted molar refractivity (Wildman–Crippen MR) is 116 cm³/mol. The van der Waals surface area contributed by atoms with E-state index in [0.29, 0.717) is 18.0 Å². The number of hydrogen-bond acceptors (Lipinski definition) is 4. The number of aryl methyl sites for hydroxylation is 2. The molecular formula is C23H26N4O3. The summed E-state index contributed by atoms with van der Waals surface area (Å²) in [6, 6.07) is 14.4. The van der Waals surface area contributed by atoms with Crippen molar-refractivity contribution in [3.8, 4) is 5.88 Å². The molecule has 0 fully saturated rings.